The van der Waals surface area contributed by atoms with Crippen molar-refractivity contribution in [2.75, 3.05) is 19.0 Å². The quantitative estimate of drug-likeness (QED) is 0.734. The Kier molecular flexibility index (Phi) is 2.94. The van der Waals surface area contributed by atoms with E-state index >= 15 is 0 Å². The Balaban J connectivity index is 2.88. The van der Waals surface area contributed by atoms with Gasteiger partial charge in [0, 0.05) is 6.07 Å². The summed E-state index contributed by atoms with van der Waals surface area (Å²) >= 11 is 0. The molecule has 72 valence electrons. The summed E-state index contributed by atoms with van der Waals surface area (Å²) in [4.78, 5) is 3.01. The summed E-state index contributed by atoms with van der Waals surface area (Å²) in [5.41, 5.74) is 5.17. The number of aromatic nitrogens is 1. The molecule has 0 bridgehead atoms. The number of hydrogen-bond acceptors (Lipinski definition) is 3. The van der Waals surface area contributed by atoms with Crippen molar-refractivity contribution < 1.29 is 17.9 Å². The lowest BCUT2D eigenvalue weighted by Crippen LogP contribution is -2.05. The number of ether oxygens (including phenoxy) is 1. The third-order valence-electron chi connectivity index (χ3n) is 1.26. The van der Waals surface area contributed by atoms with Gasteiger partial charge in [0.15, 0.2) is 17.4 Å². The second kappa shape index (κ2) is 3.97. The predicted octanol–water partition coefficient (Wildman–Crippen LogP) is 1.29. The summed E-state index contributed by atoms with van der Waals surface area (Å²) in [6.45, 7) is -1.00. The minimum Gasteiger partial charge on any atom is -0.487 e. The molecule has 1 aromatic rings. The molecule has 0 aromatic carbocycles. The largest absolute Gasteiger partial charge is 0.487 e. The SMILES string of the molecule is Nc1nc(F)c(F)cc1OCCF. The van der Waals surface area contributed by atoms with E-state index in [1.54, 1.807) is 0 Å². The average molecular weight is 192 g/mol. The number of rotatable bonds is 3. The van der Waals surface area contributed by atoms with E-state index in [4.69, 9.17) is 5.73 Å². The van der Waals surface area contributed by atoms with Gasteiger partial charge in [-0.15, -0.1) is 0 Å². The highest BCUT2D eigenvalue weighted by Gasteiger charge is 2.09. The molecule has 3 nitrogen and oxygen atoms in total. The van der Waals surface area contributed by atoms with Crippen molar-refractivity contribution in [1.82, 2.24) is 4.98 Å². The molecule has 0 aliphatic rings. The van der Waals surface area contributed by atoms with Gasteiger partial charge < -0.3 is 10.5 Å². The molecule has 1 rings (SSSR count). The van der Waals surface area contributed by atoms with Crippen LogP contribution in [0, 0.1) is 11.8 Å². The number of alkyl halides is 1. The topological polar surface area (TPSA) is 48.1 Å². The van der Waals surface area contributed by atoms with Gasteiger partial charge in [-0.1, -0.05) is 0 Å². The summed E-state index contributed by atoms with van der Waals surface area (Å²) in [7, 11) is 0. The van der Waals surface area contributed by atoms with Gasteiger partial charge in [-0.2, -0.15) is 9.37 Å². The van der Waals surface area contributed by atoms with Gasteiger partial charge in [-0.25, -0.2) is 8.78 Å². The monoisotopic (exact) mass is 192 g/mol. The van der Waals surface area contributed by atoms with Crippen LogP contribution in [0.1, 0.15) is 0 Å². The summed E-state index contributed by atoms with van der Waals surface area (Å²) in [6, 6.07) is 0.729. The van der Waals surface area contributed by atoms with Gasteiger partial charge >= 0.3 is 0 Å². The van der Waals surface area contributed by atoms with Crippen LogP contribution in [0.25, 0.3) is 0 Å². The van der Waals surface area contributed by atoms with Crippen LogP contribution in [0.4, 0.5) is 19.0 Å². The molecule has 2 N–H and O–H groups in total. The van der Waals surface area contributed by atoms with E-state index in [-0.39, 0.29) is 18.2 Å². The Labute approximate surface area is 72.3 Å². The first kappa shape index (κ1) is 9.63. The van der Waals surface area contributed by atoms with Crippen molar-refractivity contribution in [1.29, 1.82) is 0 Å². The molecule has 13 heavy (non-hydrogen) atoms. The predicted molar refractivity (Wildman–Crippen MR) is 40.0 cm³/mol. The second-order valence-electron chi connectivity index (χ2n) is 2.18. The summed E-state index contributed by atoms with van der Waals surface area (Å²) < 4.78 is 41.2. The minimum atomic E-state index is -1.30. The van der Waals surface area contributed by atoms with Crippen molar-refractivity contribution in [3.8, 4) is 5.75 Å². The highest BCUT2D eigenvalue weighted by molar-refractivity contribution is 5.45. The standard InChI is InChI=1S/C7H7F3N2O/c8-1-2-13-5-3-4(9)6(10)12-7(5)11/h3H,1-2H2,(H2,11,12). The third-order valence-corrected chi connectivity index (χ3v) is 1.26. The minimum absolute atomic E-state index is 0.156. The fourth-order valence-electron chi connectivity index (χ4n) is 0.727. The highest BCUT2D eigenvalue weighted by Crippen LogP contribution is 2.20. The first-order valence-electron chi connectivity index (χ1n) is 3.45. The Morgan fingerprint density at radius 2 is 2.15 bits per heavy atom. The van der Waals surface area contributed by atoms with Crippen LogP contribution >= 0.6 is 0 Å². The molecule has 0 aliphatic heterocycles. The van der Waals surface area contributed by atoms with E-state index in [1.807, 2.05) is 0 Å². The van der Waals surface area contributed by atoms with E-state index in [0.29, 0.717) is 0 Å². The first-order valence-corrected chi connectivity index (χ1v) is 3.45. The Hall–Kier alpha value is -1.46. The average Bonchev–Trinajstić information content (AvgIpc) is 2.09. The van der Waals surface area contributed by atoms with Gasteiger partial charge in [0.2, 0.25) is 0 Å². The maximum absolute atomic E-state index is 12.5. The third kappa shape index (κ3) is 2.24. The van der Waals surface area contributed by atoms with Crippen LogP contribution in [-0.4, -0.2) is 18.3 Å². The van der Waals surface area contributed by atoms with Gasteiger partial charge in [0.1, 0.15) is 13.3 Å². The van der Waals surface area contributed by atoms with Gasteiger partial charge in [-0.3, -0.25) is 0 Å². The van der Waals surface area contributed by atoms with Crippen LogP contribution in [-0.2, 0) is 0 Å². The van der Waals surface area contributed by atoms with Crippen molar-refractivity contribution in [2.45, 2.75) is 0 Å². The molecule has 0 atom stereocenters. The molecule has 1 aromatic heterocycles. The zero-order valence-corrected chi connectivity index (χ0v) is 6.56. The van der Waals surface area contributed by atoms with Gasteiger partial charge in [0.05, 0.1) is 0 Å². The van der Waals surface area contributed by atoms with E-state index in [2.05, 4.69) is 9.72 Å². The van der Waals surface area contributed by atoms with Gasteiger partial charge in [0.25, 0.3) is 5.95 Å². The molecule has 0 amide bonds. The first-order chi connectivity index (χ1) is 6.15. The molecule has 0 unspecified atom stereocenters. The second-order valence-corrected chi connectivity index (χ2v) is 2.18. The van der Waals surface area contributed by atoms with E-state index in [1.165, 1.54) is 0 Å². The molecular formula is C7H7F3N2O. The molecule has 0 saturated heterocycles. The fourth-order valence-corrected chi connectivity index (χ4v) is 0.727. The number of anilines is 1. The number of hydrogen-bond donors (Lipinski definition) is 1. The molecule has 0 radical (unpaired) electrons. The van der Waals surface area contributed by atoms with E-state index < -0.39 is 18.4 Å². The van der Waals surface area contributed by atoms with Gasteiger partial charge in [-0.05, 0) is 0 Å². The molecule has 0 saturated carbocycles. The van der Waals surface area contributed by atoms with Crippen LogP contribution in [0.3, 0.4) is 0 Å². The maximum atomic E-state index is 12.5. The number of nitrogens with two attached hydrogens (primary N) is 1. The lowest BCUT2D eigenvalue weighted by Gasteiger charge is -2.05. The maximum Gasteiger partial charge on any atom is 0.251 e. The summed E-state index contributed by atoms with van der Waals surface area (Å²) in [5, 5.41) is 0. The van der Waals surface area contributed by atoms with Crippen molar-refractivity contribution in [2.24, 2.45) is 0 Å². The van der Waals surface area contributed by atoms with Crippen molar-refractivity contribution >= 4 is 5.82 Å². The summed E-state index contributed by atoms with van der Waals surface area (Å²) in [5.74, 6) is -2.93. The van der Waals surface area contributed by atoms with Crippen molar-refractivity contribution in [3.05, 3.63) is 17.8 Å². The zero-order valence-electron chi connectivity index (χ0n) is 6.56. The van der Waals surface area contributed by atoms with Crippen molar-refractivity contribution in [3.63, 3.8) is 0 Å². The Bertz CT molecular complexity index is 306. The van der Waals surface area contributed by atoms with Crippen LogP contribution in [0.15, 0.2) is 6.07 Å². The molecular weight excluding hydrogens is 185 g/mol. The Morgan fingerprint density at radius 1 is 1.46 bits per heavy atom. The smallest absolute Gasteiger partial charge is 0.251 e. The summed E-state index contributed by atoms with van der Waals surface area (Å²) in [6.07, 6.45) is 0. The Morgan fingerprint density at radius 3 is 2.77 bits per heavy atom. The lowest BCUT2D eigenvalue weighted by atomic mass is 10.4. The fraction of sp³-hybridized carbons (Fsp3) is 0.286. The highest BCUT2D eigenvalue weighted by atomic mass is 19.2. The molecule has 0 fully saturated rings. The number of nitrogens with zero attached hydrogens (tertiary/aromatic N) is 1. The lowest BCUT2D eigenvalue weighted by molar-refractivity contribution is 0.271. The van der Waals surface area contributed by atoms with Crippen LogP contribution in [0.5, 0.6) is 5.75 Å². The number of pyridine rings is 1. The molecule has 1 heterocycles. The molecule has 0 spiro atoms. The number of nitrogen functional groups attached to an aromatic ring is 1. The zero-order chi connectivity index (χ0) is 9.84. The molecule has 0 aliphatic carbocycles. The number of halogens is 3. The molecule has 6 heteroatoms. The van der Waals surface area contributed by atoms with Crippen LogP contribution in [0.2, 0.25) is 0 Å². The van der Waals surface area contributed by atoms with Crippen LogP contribution < -0.4 is 10.5 Å². The van der Waals surface area contributed by atoms with E-state index in [9.17, 15) is 13.2 Å². The van der Waals surface area contributed by atoms with E-state index in [0.717, 1.165) is 6.07 Å². The normalized spacial score (nSPS) is 10.1.